The minimum Gasteiger partial charge on any atom is -0.448 e. The molecule has 23 heavy (non-hydrogen) atoms. The second kappa shape index (κ2) is 5.70. The normalized spacial score (nSPS) is 17.4. The smallest absolute Gasteiger partial charge is 0.255 e. The molecule has 1 fully saturated rings. The summed E-state index contributed by atoms with van der Waals surface area (Å²) in [5.41, 5.74) is 1.35. The third kappa shape index (κ3) is 2.89. The Bertz CT molecular complexity index is 751. The van der Waals surface area contributed by atoms with Crippen molar-refractivity contribution in [1.29, 1.82) is 0 Å². The maximum Gasteiger partial charge on any atom is 0.255 e. The Balaban J connectivity index is 1.51. The first-order chi connectivity index (χ1) is 11.1. The molecule has 4 rings (SSSR count). The lowest BCUT2D eigenvalue weighted by atomic mass is 10.2. The van der Waals surface area contributed by atoms with E-state index in [0.29, 0.717) is 17.0 Å². The van der Waals surface area contributed by atoms with Crippen LogP contribution in [0.4, 0.5) is 5.69 Å². The van der Waals surface area contributed by atoms with Gasteiger partial charge >= 0.3 is 0 Å². The average Bonchev–Trinajstić information content (AvgIpc) is 3.14. The fourth-order valence-corrected chi connectivity index (χ4v) is 3.45. The lowest BCUT2D eigenvalue weighted by molar-refractivity contribution is -0.0716. The number of anilines is 1. The van der Waals surface area contributed by atoms with Crippen molar-refractivity contribution < 1.29 is 14.3 Å². The minimum atomic E-state index is -0.471. The Kier molecular flexibility index (Phi) is 3.67. The van der Waals surface area contributed by atoms with Crippen molar-refractivity contribution in [2.45, 2.75) is 31.5 Å². The van der Waals surface area contributed by atoms with Gasteiger partial charge in [0.2, 0.25) is 0 Å². The van der Waals surface area contributed by atoms with Gasteiger partial charge in [-0.2, -0.15) is 0 Å². The topological polar surface area (TPSA) is 47.6 Å². The van der Waals surface area contributed by atoms with Crippen molar-refractivity contribution in [3.05, 3.63) is 51.6 Å². The van der Waals surface area contributed by atoms with Gasteiger partial charge in [0.05, 0.1) is 0 Å². The summed E-state index contributed by atoms with van der Waals surface area (Å²) in [6.07, 6.45) is 4.10. The van der Waals surface area contributed by atoms with Crippen LogP contribution in [0, 0.1) is 3.57 Å². The van der Waals surface area contributed by atoms with Gasteiger partial charge in [0.25, 0.3) is 11.7 Å². The van der Waals surface area contributed by atoms with Gasteiger partial charge in [0.1, 0.15) is 0 Å². The molecule has 0 aromatic heterocycles. The SMILES string of the molecule is O=C(Nc1ccc2c(c1)OC1(CCCC1)O2)c1ccc(I)cc1. The van der Waals surface area contributed by atoms with Crippen LogP contribution < -0.4 is 14.8 Å². The van der Waals surface area contributed by atoms with Crippen molar-refractivity contribution in [2.24, 2.45) is 0 Å². The Morgan fingerprint density at radius 3 is 2.43 bits per heavy atom. The average molecular weight is 421 g/mol. The van der Waals surface area contributed by atoms with E-state index in [0.717, 1.165) is 35.0 Å². The Hall–Kier alpha value is -1.76. The number of benzene rings is 2. The molecule has 1 spiro atoms. The fourth-order valence-electron chi connectivity index (χ4n) is 3.09. The van der Waals surface area contributed by atoms with Crippen molar-refractivity contribution in [2.75, 3.05) is 5.32 Å². The maximum absolute atomic E-state index is 12.3. The number of amides is 1. The van der Waals surface area contributed by atoms with Crippen LogP contribution in [0.5, 0.6) is 11.5 Å². The molecule has 1 aliphatic heterocycles. The molecular weight excluding hydrogens is 405 g/mol. The standard InChI is InChI=1S/C18H16INO3/c19-13-5-3-12(4-6-13)17(21)20-14-7-8-15-16(11-14)23-18(22-15)9-1-2-10-18/h3-8,11H,1-2,9-10H2,(H,20,21). The van der Waals surface area contributed by atoms with E-state index in [4.69, 9.17) is 9.47 Å². The van der Waals surface area contributed by atoms with E-state index < -0.39 is 5.79 Å². The summed E-state index contributed by atoms with van der Waals surface area (Å²) < 4.78 is 13.1. The first-order valence-corrected chi connectivity index (χ1v) is 8.80. The van der Waals surface area contributed by atoms with E-state index in [2.05, 4.69) is 27.9 Å². The molecule has 0 unspecified atom stereocenters. The number of halogens is 1. The van der Waals surface area contributed by atoms with Crippen LogP contribution in [0.25, 0.3) is 0 Å². The molecule has 0 bridgehead atoms. The number of rotatable bonds is 2. The molecule has 2 aromatic carbocycles. The summed E-state index contributed by atoms with van der Waals surface area (Å²) in [6.45, 7) is 0. The van der Waals surface area contributed by atoms with E-state index in [1.54, 1.807) is 0 Å². The fraction of sp³-hybridized carbons (Fsp3) is 0.278. The number of fused-ring (bicyclic) bond motifs is 1. The Morgan fingerprint density at radius 1 is 1.00 bits per heavy atom. The minimum absolute atomic E-state index is 0.129. The van der Waals surface area contributed by atoms with Gasteiger partial charge in [0.15, 0.2) is 11.5 Å². The molecule has 118 valence electrons. The quantitative estimate of drug-likeness (QED) is 0.722. The molecule has 2 aromatic rings. The molecule has 4 nitrogen and oxygen atoms in total. The predicted molar refractivity (Wildman–Crippen MR) is 96.0 cm³/mol. The highest BCUT2D eigenvalue weighted by Gasteiger charge is 2.44. The van der Waals surface area contributed by atoms with Gasteiger partial charge in [-0.3, -0.25) is 4.79 Å². The van der Waals surface area contributed by atoms with E-state index in [1.807, 2.05) is 42.5 Å². The van der Waals surface area contributed by atoms with Crippen molar-refractivity contribution >= 4 is 34.2 Å². The van der Waals surface area contributed by atoms with Gasteiger partial charge in [0, 0.05) is 33.7 Å². The largest absolute Gasteiger partial charge is 0.448 e. The second-order valence-corrected chi connectivity index (χ2v) is 7.19. The molecule has 1 aliphatic carbocycles. The van der Waals surface area contributed by atoms with Gasteiger partial charge in [-0.15, -0.1) is 0 Å². The van der Waals surface area contributed by atoms with Gasteiger partial charge < -0.3 is 14.8 Å². The predicted octanol–water partition coefficient (Wildman–Crippen LogP) is 4.59. The number of ether oxygens (including phenoxy) is 2. The summed E-state index contributed by atoms with van der Waals surface area (Å²) in [5.74, 6) is 0.878. The number of carbonyl (C=O) groups excluding carboxylic acids is 1. The van der Waals surface area contributed by atoms with Crippen molar-refractivity contribution in [1.82, 2.24) is 0 Å². The molecule has 1 heterocycles. The van der Waals surface area contributed by atoms with Crippen LogP contribution >= 0.6 is 22.6 Å². The summed E-state index contributed by atoms with van der Waals surface area (Å²) in [7, 11) is 0. The molecule has 0 atom stereocenters. The van der Waals surface area contributed by atoms with E-state index >= 15 is 0 Å². The first kappa shape index (κ1) is 14.8. The Labute approximate surface area is 148 Å². The maximum atomic E-state index is 12.3. The van der Waals surface area contributed by atoms with Crippen LogP contribution in [0.2, 0.25) is 0 Å². The second-order valence-electron chi connectivity index (χ2n) is 5.94. The molecule has 5 heteroatoms. The number of carbonyl (C=O) groups is 1. The number of nitrogens with one attached hydrogen (secondary N) is 1. The molecule has 0 radical (unpaired) electrons. The molecule has 2 aliphatic rings. The van der Waals surface area contributed by atoms with Crippen molar-refractivity contribution in [3.8, 4) is 11.5 Å². The third-order valence-corrected chi connectivity index (χ3v) is 4.98. The lowest BCUT2D eigenvalue weighted by Crippen LogP contribution is -2.34. The molecular formula is C18H16INO3. The highest BCUT2D eigenvalue weighted by atomic mass is 127. The highest BCUT2D eigenvalue weighted by molar-refractivity contribution is 14.1. The molecule has 1 N–H and O–H groups in total. The highest BCUT2D eigenvalue weighted by Crippen LogP contribution is 2.47. The molecule has 0 saturated heterocycles. The van der Waals surface area contributed by atoms with Gasteiger partial charge in [-0.25, -0.2) is 0 Å². The van der Waals surface area contributed by atoms with E-state index in [1.165, 1.54) is 0 Å². The van der Waals surface area contributed by atoms with Crippen LogP contribution in [0.1, 0.15) is 36.0 Å². The Morgan fingerprint density at radius 2 is 1.70 bits per heavy atom. The van der Waals surface area contributed by atoms with Crippen LogP contribution in [-0.2, 0) is 0 Å². The third-order valence-electron chi connectivity index (χ3n) is 4.27. The van der Waals surface area contributed by atoms with Gasteiger partial charge in [-0.1, -0.05) is 0 Å². The zero-order chi connectivity index (χ0) is 15.9. The van der Waals surface area contributed by atoms with E-state index in [9.17, 15) is 4.79 Å². The number of hydrogen-bond acceptors (Lipinski definition) is 3. The van der Waals surface area contributed by atoms with Crippen LogP contribution in [-0.4, -0.2) is 11.7 Å². The molecule has 1 saturated carbocycles. The lowest BCUT2D eigenvalue weighted by Gasteiger charge is -2.21. The summed E-state index contributed by atoms with van der Waals surface area (Å²) >= 11 is 2.22. The summed E-state index contributed by atoms with van der Waals surface area (Å²) in [4.78, 5) is 12.3. The van der Waals surface area contributed by atoms with Crippen LogP contribution in [0.3, 0.4) is 0 Å². The summed E-state index contributed by atoms with van der Waals surface area (Å²) in [6, 6.07) is 13.0. The zero-order valence-electron chi connectivity index (χ0n) is 12.5. The molecule has 1 amide bonds. The first-order valence-electron chi connectivity index (χ1n) is 7.73. The number of hydrogen-bond donors (Lipinski definition) is 1. The zero-order valence-corrected chi connectivity index (χ0v) is 14.6. The monoisotopic (exact) mass is 421 g/mol. The van der Waals surface area contributed by atoms with Gasteiger partial charge in [-0.05, 0) is 71.8 Å². The van der Waals surface area contributed by atoms with Crippen molar-refractivity contribution in [3.63, 3.8) is 0 Å². The summed E-state index contributed by atoms with van der Waals surface area (Å²) in [5, 5.41) is 2.91. The van der Waals surface area contributed by atoms with E-state index in [-0.39, 0.29) is 5.91 Å². The van der Waals surface area contributed by atoms with Crippen LogP contribution in [0.15, 0.2) is 42.5 Å².